The van der Waals surface area contributed by atoms with E-state index in [0.29, 0.717) is 11.1 Å². The van der Waals surface area contributed by atoms with Crippen LogP contribution in [0.2, 0.25) is 0 Å². The Labute approximate surface area is 283 Å². The van der Waals surface area contributed by atoms with Gasteiger partial charge in [0.2, 0.25) is 0 Å². The Morgan fingerprint density at radius 1 is 0.388 bits per heavy atom. The van der Waals surface area contributed by atoms with Crippen LogP contribution in [0.5, 0.6) is 0 Å². The first-order valence-electron chi connectivity index (χ1n) is 16.3. The smallest absolute Gasteiger partial charge is 0.0998 e. The molecule has 3 nitrogen and oxygen atoms in total. The molecule has 0 spiro atoms. The van der Waals surface area contributed by atoms with Crippen LogP contribution in [0.25, 0.3) is 82.4 Å². The van der Waals surface area contributed by atoms with Crippen LogP contribution in [-0.2, 0) is 0 Å². The molecule has 0 radical (unpaired) electrons. The quantitative estimate of drug-likeness (QED) is 0.184. The molecule has 226 valence electrons. The Morgan fingerprint density at radius 3 is 1.45 bits per heavy atom. The number of nitriles is 2. The van der Waals surface area contributed by atoms with Crippen LogP contribution in [0.1, 0.15) is 11.1 Å². The van der Waals surface area contributed by atoms with E-state index in [4.69, 9.17) is 0 Å². The van der Waals surface area contributed by atoms with Gasteiger partial charge in [0.05, 0.1) is 34.3 Å². The summed E-state index contributed by atoms with van der Waals surface area (Å²) in [5.74, 6) is 0. The number of aromatic nitrogens is 1. The lowest BCUT2D eigenvalue weighted by molar-refractivity contribution is 1.18. The highest BCUT2D eigenvalue weighted by Crippen LogP contribution is 2.44. The van der Waals surface area contributed by atoms with Crippen LogP contribution in [0, 0.1) is 22.7 Å². The number of hydrogen-bond donors (Lipinski definition) is 0. The summed E-state index contributed by atoms with van der Waals surface area (Å²) < 4.78 is 2.21. The van der Waals surface area contributed by atoms with Gasteiger partial charge in [-0.05, 0) is 91.3 Å². The molecular weight excluding hydrogens is 595 g/mol. The van der Waals surface area contributed by atoms with Gasteiger partial charge in [-0.2, -0.15) is 10.5 Å². The van der Waals surface area contributed by atoms with Gasteiger partial charge in [0.25, 0.3) is 0 Å². The Morgan fingerprint density at radius 2 is 0.898 bits per heavy atom. The van der Waals surface area contributed by atoms with Crippen LogP contribution < -0.4 is 0 Å². The SMILES string of the molecule is N#Cc1cc(-c2ccc(-c3c4ccccc4c(-c4ccccc4)c4ccccc34)cc2C#N)cc(-n2c3ccccc3c3ccccc32)c1. The van der Waals surface area contributed by atoms with Gasteiger partial charge in [-0.3, -0.25) is 0 Å². The maximum atomic E-state index is 10.6. The van der Waals surface area contributed by atoms with Crippen molar-refractivity contribution in [2.45, 2.75) is 0 Å². The van der Waals surface area contributed by atoms with Gasteiger partial charge < -0.3 is 4.57 Å². The molecule has 0 fully saturated rings. The molecule has 0 saturated carbocycles. The number of benzene rings is 8. The Balaban J connectivity index is 1.26. The van der Waals surface area contributed by atoms with Gasteiger partial charge in [-0.15, -0.1) is 0 Å². The third-order valence-corrected chi connectivity index (χ3v) is 9.62. The average molecular weight is 622 g/mol. The molecule has 49 heavy (non-hydrogen) atoms. The van der Waals surface area contributed by atoms with Crippen LogP contribution in [-0.4, -0.2) is 4.57 Å². The first-order valence-corrected chi connectivity index (χ1v) is 16.3. The molecule has 0 bridgehead atoms. The topological polar surface area (TPSA) is 52.5 Å². The highest BCUT2D eigenvalue weighted by Gasteiger charge is 2.19. The summed E-state index contributed by atoms with van der Waals surface area (Å²) in [6.07, 6.45) is 0. The fourth-order valence-corrected chi connectivity index (χ4v) is 7.56. The zero-order valence-electron chi connectivity index (χ0n) is 26.4. The van der Waals surface area contributed by atoms with Crippen molar-refractivity contribution in [2.24, 2.45) is 0 Å². The molecule has 0 aliphatic carbocycles. The second-order valence-corrected chi connectivity index (χ2v) is 12.3. The summed E-state index contributed by atoms with van der Waals surface area (Å²) in [6, 6.07) is 61.2. The molecule has 0 saturated heterocycles. The van der Waals surface area contributed by atoms with E-state index in [-0.39, 0.29) is 0 Å². The summed E-state index contributed by atoms with van der Waals surface area (Å²) in [6.45, 7) is 0. The minimum atomic E-state index is 0.538. The van der Waals surface area contributed by atoms with Crippen molar-refractivity contribution in [1.29, 1.82) is 10.5 Å². The number of hydrogen-bond acceptors (Lipinski definition) is 2. The van der Waals surface area contributed by atoms with E-state index in [2.05, 4.69) is 138 Å². The molecule has 0 amide bonds. The van der Waals surface area contributed by atoms with E-state index in [0.717, 1.165) is 60.5 Å². The first kappa shape index (κ1) is 28.3. The fraction of sp³-hybridized carbons (Fsp3) is 0. The molecule has 0 unspecified atom stereocenters. The largest absolute Gasteiger partial charge is 0.309 e. The number of nitrogens with zero attached hydrogens (tertiary/aromatic N) is 3. The lowest BCUT2D eigenvalue weighted by Crippen LogP contribution is -1.97. The third-order valence-electron chi connectivity index (χ3n) is 9.62. The summed E-state index contributed by atoms with van der Waals surface area (Å²) in [7, 11) is 0. The van der Waals surface area contributed by atoms with Crippen molar-refractivity contribution in [3.8, 4) is 51.2 Å². The molecule has 9 rings (SSSR count). The van der Waals surface area contributed by atoms with E-state index < -0.39 is 0 Å². The van der Waals surface area contributed by atoms with Crippen molar-refractivity contribution in [3.63, 3.8) is 0 Å². The van der Waals surface area contributed by atoms with Crippen LogP contribution in [0.15, 0.2) is 164 Å². The Kier molecular flexibility index (Phi) is 6.58. The summed E-state index contributed by atoms with van der Waals surface area (Å²) in [4.78, 5) is 0. The molecule has 0 aliphatic heterocycles. The number of fused-ring (bicyclic) bond motifs is 5. The monoisotopic (exact) mass is 621 g/mol. The second kappa shape index (κ2) is 11.4. The van der Waals surface area contributed by atoms with Crippen molar-refractivity contribution in [1.82, 2.24) is 4.57 Å². The van der Waals surface area contributed by atoms with Crippen molar-refractivity contribution >= 4 is 43.4 Å². The highest BCUT2D eigenvalue weighted by atomic mass is 15.0. The molecule has 0 atom stereocenters. The molecule has 0 N–H and O–H groups in total. The summed E-state index contributed by atoms with van der Waals surface area (Å²) >= 11 is 0. The molecule has 3 heteroatoms. The number of rotatable bonds is 4. The van der Waals surface area contributed by atoms with Crippen LogP contribution >= 0.6 is 0 Å². The van der Waals surface area contributed by atoms with Gasteiger partial charge in [-0.25, -0.2) is 0 Å². The van der Waals surface area contributed by atoms with Crippen molar-refractivity contribution in [3.05, 3.63) is 175 Å². The summed E-state index contributed by atoms with van der Waals surface area (Å²) in [5.41, 5.74) is 10.2. The maximum Gasteiger partial charge on any atom is 0.0998 e. The normalized spacial score (nSPS) is 11.2. The second-order valence-electron chi connectivity index (χ2n) is 12.3. The van der Waals surface area contributed by atoms with Crippen LogP contribution in [0.3, 0.4) is 0 Å². The third kappa shape index (κ3) is 4.49. The highest BCUT2D eigenvalue weighted by molar-refractivity contribution is 6.21. The summed E-state index contributed by atoms with van der Waals surface area (Å²) in [5, 5.41) is 27.7. The minimum absolute atomic E-state index is 0.538. The predicted octanol–water partition coefficient (Wildman–Crippen LogP) is 11.8. The predicted molar refractivity (Wildman–Crippen MR) is 202 cm³/mol. The van der Waals surface area contributed by atoms with E-state index in [9.17, 15) is 10.5 Å². The van der Waals surface area contributed by atoms with Crippen LogP contribution in [0.4, 0.5) is 0 Å². The van der Waals surface area contributed by atoms with Crippen molar-refractivity contribution in [2.75, 3.05) is 0 Å². The lowest BCUT2D eigenvalue weighted by Gasteiger charge is -2.18. The fourth-order valence-electron chi connectivity index (χ4n) is 7.56. The van der Waals surface area contributed by atoms with Gasteiger partial charge >= 0.3 is 0 Å². The molecule has 1 heterocycles. The zero-order chi connectivity index (χ0) is 32.9. The van der Waals surface area contributed by atoms with Gasteiger partial charge in [0, 0.05) is 16.5 Å². The number of para-hydroxylation sites is 2. The zero-order valence-corrected chi connectivity index (χ0v) is 26.4. The average Bonchev–Trinajstić information content (AvgIpc) is 3.51. The Bertz CT molecular complexity index is 2740. The maximum absolute atomic E-state index is 10.6. The minimum Gasteiger partial charge on any atom is -0.309 e. The molecule has 9 aromatic rings. The van der Waals surface area contributed by atoms with E-state index in [1.54, 1.807) is 0 Å². The standard InChI is InChI=1S/C46H27N3/c47-28-30-24-33(27-35(25-30)49-43-20-10-8-14-37(43)38-15-9-11-21-44(38)49)36-23-22-32(26-34(36)29-48)46-41-18-6-4-16-39(41)45(31-12-2-1-3-13-31)40-17-5-7-19-42(40)46/h1-27H. The van der Waals surface area contributed by atoms with Gasteiger partial charge in [-0.1, -0.05) is 127 Å². The molecular formula is C46H27N3. The molecule has 0 aliphatic rings. The van der Waals surface area contributed by atoms with E-state index in [1.807, 2.05) is 42.5 Å². The van der Waals surface area contributed by atoms with E-state index >= 15 is 0 Å². The first-order chi connectivity index (χ1) is 24.2. The molecule has 1 aromatic heterocycles. The van der Waals surface area contributed by atoms with Gasteiger partial charge in [0.1, 0.15) is 0 Å². The molecule has 8 aromatic carbocycles. The van der Waals surface area contributed by atoms with E-state index in [1.165, 1.54) is 21.9 Å². The van der Waals surface area contributed by atoms with Gasteiger partial charge in [0.15, 0.2) is 0 Å². The van der Waals surface area contributed by atoms with Crippen molar-refractivity contribution < 1.29 is 0 Å². The Hall–Kier alpha value is -6.94. The lowest BCUT2D eigenvalue weighted by atomic mass is 9.85.